The number of aryl methyl sites for hydroxylation is 1. The van der Waals surface area contributed by atoms with E-state index in [1.807, 2.05) is 31.2 Å². The molecule has 0 radical (unpaired) electrons. The Hall–Kier alpha value is -2.62. The van der Waals surface area contributed by atoms with E-state index in [9.17, 15) is 9.59 Å². The fourth-order valence-corrected chi connectivity index (χ4v) is 1.86. The first-order chi connectivity index (χ1) is 10.1. The second-order valence-electron chi connectivity index (χ2n) is 4.60. The Morgan fingerprint density at radius 1 is 0.905 bits per heavy atom. The zero-order valence-electron chi connectivity index (χ0n) is 12.0. The van der Waals surface area contributed by atoms with E-state index in [1.165, 1.54) is 13.2 Å². The zero-order chi connectivity index (χ0) is 15.2. The number of carbonyl (C=O) groups excluding carboxylic acids is 2. The van der Waals surface area contributed by atoms with Gasteiger partial charge in [-0.05, 0) is 24.6 Å². The monoisotopic (exact) mass is 284 g/mol. The number of methoxy groups -OCH3 is 1. The molecule has 0 N–H and O–H groups in total. The molecule has 0 atom stereocenters. The molecule has 4 heteroatoms. The van der Waals surface area contributed by atoms with Gasteiger partial charge in [-0.25, -0.2) is 9.59 Å². The topological polar surface area (TPSA) is 52.6 Å². The van der Waals surface area contributed by atoms with Gasteiger partial charge in [-0.1, -0.05) is 42.0 Å². The molecule has 0 aliphatic rings. The first-order valence-corrected chi connectivity index (χ1v) is 6.52. The van der Waals surface area contributed by atoms with E-state index in [0.29, 0.717) is 0 Å². The van der Waals surface area contributed by atoms with Crippen LogP contribution in [-0.2, 0) is 16.1 Å². The second-order valence-corrected chi connectivity index (χ2v) is 4.60. The molecule has 2 rings (SSSR count). The Bertz CT molecular complexity index is 644. The van der Waals surface area contributed by atoms with Crippen molar-refractivity contribution in [3.05, 3.63) is 70.8 Å². The number of hydrogen-bond acceptors (Lipinski definition) is 4. The molecule has 4 nitrogen and oxygen atoms in total. The zero-order valence-corrected chi connectivity index (χ0v) is 12.0. The second kappa shape index (κ2) is 6.70. The highest BCUT2D eigenvalue weighted by Crippen LogP contribution is 2.13. The van der Waals surface area contributed by atoms with Crippen LogP contribution in [0.2, 0.25) is 0 Å². The third-order valence-electron chi connectivity index (χ3n) is 3.04. The van der Waals surface area contributed by atoms with Crippen LogP contribution in [0.1, 0.15) is 31.8 Å². The van der Waals surface area contributed by atoms with Crippen molar-refractivity contribution in [1.29, 1.82) is 0 Å². The van der Waals surface area contributed by atoms with Crippen LogP contribution in [0.25, 0.3) is 0 Å². The molecule has 0 bridgehead atoms. The molecule has 108 valence electrons. The molecule has 21 heavy (non-hydrogen) atoms. The van der Waals surface area contributed by atoms with Gasteiger partial charge < -0.3 is 9.47 Å². The fourth-order valence-electron chi connectivity index (χ4n) is 1.86. The standard InChI is InChI=1S/C17H16O4/c1-12-7-9-13(10-8-12)11-21-17(19)15-6-4-3-5-14(15)16(18)20-2/h3-10H,11H2,1-2H3. The number of esters is 2. The van der Waals surface area contributed by atoms with Crippen molar-refractivity contribution in [3.8, 4) is 0 Å². The van der Waals surface area contributed by atoms with Crippen molar-refractivity contribution < 1.29 is 19.1 Å². The van der Waals surface area contributed by atoms with Crippen molar-refractivity contribution in [3.63, 3.8) is 0 Å². The summed E-state index contributed by atoms with van der Waals surface area (Å²) in [6.07, 6.45) is 0. The summed E-state index contributed by atoms with van der Waals surface area (Å²) in [6, 6.07) is 14.1. The van der Waals surface area contributed by atoms with Gasteiger partial charge in [0.05, 0.1) is 18.2 Å². The van der Waals surface area contributed by atoms with Gasteiger partial charge >= 0.3 is 11.9 Å². The first-order valence-electron chi connectivity index (χ1n) is 6.52. The highest BCUT2D eigenvalue weighted by atomic mass is 16.5. The summed E-state index contributed by atoms with van der Waals surface area (Å²) >= 11 is 0. The lowest BCUT2D eigenvalue weighted by atomic mass is 10.1. The average Bonchev–Trinajstić information content (AvgIpc) is 2.53. The predicted molar refractivity (Wildman–Crippen MR) is 78.1 cm³/mol. The minimum absolute atomic E-state index is 0.161. The summed E-state index contributed by atoms with van der Waals surface area (Å²) in [5, 5.41) is 0. The molecular formula is C17H16O4. The highest BCUT2D eigenvalue weighted by molar-refractivity contribution is 6.03. The van der Waals surface area contributed by atoms with E-state index in [4.69, 9.17) is 4.74 Å². The van der Waals surface area contributed by atoms with Crippen LogP contribution in [0.5, 0.6) is 0 Å². The lowest BCUT2D eigenvalue weighted by molar-refractivity contribution is 0.0457. The van der Waals surface area contributed by atoms with Crippen LogP contribution in [-0.4, -0.2) is 19.0 Å². The number of benzene rings is 2. The van der Waals surface area contributed by atoms with Gasteiger partial charge in [-0.2, -0.15) is 0 Å². The Morgan fingerprint density at radius 3 is 2.05 bits per heavy atom. The number of rotatable bonds is 4. The third-order valence-corrected chi connectivity index (χ3v) is 3.04. The van der Waals surface area contributed by atoms with Crippen LogP contribution < -0.4 is 0 Å². The third kappa shape index (κ3) is 3.69. The minimum Gasteiger partial charge on any atom is -0.465 e. The maximum absolute atomic E-state index is 12.1. The number of carbonyl (C=O) groups is 2. The summed E-state index contributed by atoms with van der Waals surface area (Å²) in [6.45, 7) is 2.15. The summed E-state index contributed by atoms with van der Waals surface area (Å²) < 4.78 is 9.90. The van der Waals surface area contributed by atoms with Crippen molar-refractivity contribution >= 4 is 11.9 Å². The van der Waals surface area contributed by atoms with Gasteiger partial charge in [-0.3, -0.25) is 0 Å². The number of ether oxygens (including phenoxy) is 2. The molecule has 0 aliphatic heterocycles. The molecule has 2 aromatic rings. The maximum atomic E-state index is 12.1. The Kier molecular flexibility index (Phi) is 4.72. The molecular weight excluding hydrogens is 268 g/mol. The van der Waals surface area contributed by atoms with E-state index in [-0.39, 0.29) is 17.7 Å². The maximum Gasteiger partial charge on any atom is 0.339 e. The Balaban J connectivity index is 2.10. The quantitative estimate of drug-likeness (QED) is 0.809. The van der Waals surface area contributed by atoms with Crippen molar-refractivity contribution in [2.24, 2.45) is 0 Å². The van der Waals surface area contributed by atoms with Crippen molar-refractivity contribution in [2.75, 3.05) is 7.11 Å². The summed E-state index contributed by atoms with van der Waals surface area (Å²) in [5.74, 6) is -1.10. The van der Waals surface area contributed by atoms with Gasteiger partial charge in [0.25, 0.3) is 0 Å². The summed E-state index contributed by atoms with van der Waals surface area (Å²) in [5.41, 5.74) is 2.44. The van der Waals surface area contributed by atoms with E-state index >= 15 is 0 Å². The summed E-state index contributed by atoms with van der Waals surface area (Å²) in [4.78, 5) is 23.7. The van der Waals surface area contributed by atoms with Gasteiger partial charge in [0.2, 0.25) is 0 Å². The van der Waals surface area contributed by atoms with E-state index < -0.39 is 11.9 Å². The van der Waals surface area contributed by atoms with Gasteiger partial charge in [0.15, 0.2) is 0 Å². The normalized spacial score (nSPS) is 10.0. The van der Waals surface area contributed by atoms with Crippen LogP contribution in [0.15, 0.2) is 48.5 Å². The average molecular weight is 284 g/mol. The highest BCUT2D eigenvalue weighted by Gasteiger charge is 2.18. The van der Waals surface area contributed by atoms with Crippen molar-refractivity contribution in [1.82, 2.24) is 0 Å². The van der Waals surface area contributed by atoms with Crippen LogP contribution in [0.3, 0.4) is 0 Å². The first kappa shape index (κ1) is 14.8. The van der Waals surface area contributed by atoms with E-state index in [1.54, 1.807) is 18.2 Å². The lowest BCUT2D eigenvalue weighted by Crippen LogP contribution is -2.12. The lowest BCUT2D eigenvalue weighted by Gasteiger charge is -2.08. The van der Waals surface area contributed by atoms with Gasteiger partial charge in [0.1, 0.15) is 6.61 Å². The SMILES string of the molecule is COC(=O)c1ccccc1C(=O)OCc1ccc(C)cc1. The Labute approximate surface area is 123 Å². The van der Waals surface area contributed by atoms with E-state index in [0.717, 1.165) is 11.1 Å². The molecule has 0 saturated heterocycles. The predicted octanol–water partition coefficient (Wildman–Crippen LogP) is 3.14. The molecule has 0 aromatic heterocycles. The molecule has 2 aromatic carbocycles. The minimum atomic E-state index is -0.558. The van der Waals surface area contributed by atoms with Gasteiger partial charge in [-0.15, -0.1) is 0 Å². The smallest absolute Gasteiger partial charge is 0.339 e. The van der Waals surface area contributed by atoms with Crippen molar-refractivity contribution in [2.45, 2.75) is 13.5 Å². The van der Waals surface area contributed by atoms with Crippen LogP contribution in [0.4, 0.5) is 0 Å². The fraction of sp³-hybridized carbons (Fsp3) is 0.176. The molecule has 0 amide bonds. The summed E-state index contributed by atoms with van der Waals surface area (Å²) in [7, 11) is 1.27. The molecule has 0 saturated carbocycles. The number of hydrogen-bond donors (Lipinski definition) is 0. The molecule has 0 spiro atoms. The largest absolute Gasteiger partial charge is 0.465 e. The van der Waals surface area contributed by atoms with Crippen LogP contribution >= 0.6 is 0 Å². The molecule has 0 unspecified atom stereocenters. The Morgan fingerprint density at radius 2 is 1.48 bits per heavy atom. The molecule has 0 aliphatic carbocycles. The van der Waals surface area contributed by atoms with E-state index in [2.05, 4.69) is 4.74 Å². The van der Waals surface area contributed by atoms with Gasteiger partial charge in [0, 0.05) is 0 Å². The molecule has 0 fully saturated rings. The molecule has 0 heterocycles. The van der Waals surface area contributed by atoms with Crippen LogP contribution in [0, 0.1) is 6.92 Å².